The lowest BCUT2D eigenvalue weighted by Gasteiger charge is -2.50. The highest BCUT2D eigenvalue weighted by molar-refractivity contribution is 5.31. The van der Waals surface area contributed by atoms with Gasteiger partial charge in [0.05, 0.1) is 63.9 Å². The van der Waals surface area contributed by atoms with Crippen LogP contribution in [0.25, 0.3) is 0 Å². The lowest BCUT2D eigenvalue weighted by atomic mass is 9.83. The van der Waals surface area contributed by atoms with E-state index in [-0.39, 0.29) is 66.2 Å². The normalized spacial score (nSPS) is 27.8. The van der Waals surface area contributed by atoms with Gasteiger partial charge in [0, 0.05) is 18.6 Å². The van der Waals surface area contributed by atoms with Crippen LogP contribution in [0.5, 0.6) is 0 Å². The third kappa shape index (κ3) is 18.4. The van der Waals surface area contributed by atoms with Gasteiger partial charge >= 0.3 is 0 Å². The summed E-state index contributed by atoms with van der Waals surface area (Å²) in [6.07, 6.45) is -7.01. The van der Waals surface area contributed by atoms with E-state index in [2.05, 4.69) is 225 Å². The maximum absolute atomic E-state index is 7.56. The fraction of sp³-hybridized carbons (Fsp3) is 0.589. The molecule has 0 radical (unpaired) electrons. The summed E-state index contributed by atoms with van der Waals surface area (Å²) < 4.78 is 62.4. The number of nitrogens with two attached hydrogens (primary N) is 5. The molecule has 0 bridgehead atoms. The Bertz CT molecular complexity index is 2890. The number of rotatable bonds is 21. The number of benzene rings is 5. The zero-order valence-electron chi connectivity index (χ0n) is 55.1. The molecule has 0 amide bonds. The third-order valence-electron chi connectivity index (χ3n) is 17.6. The van der Waals surface area contributed by atoms with Crippen LogP contribution in [0.1, 0.15) is 172 Å². The summed E-state index contributed by atoms with van der Waals surface area (Å²) in [4.78, 5) is 0. The molecule has 478 valence electrons. The monoisotopic (exact) mass is 1200 g/mol. The fourth-order valence-electron chi connectivity index (χ4n) is 11.7. The maximum Gasteiger partial charge on any atom is 0.186 e. The molecule has 5 aromatic carbocycles. The van der Waals surface area contributed by atoms with E-state index in [0.717, 1.165) is 27.8 Å². The quantitative estimate of drug-likeness (QED) is 0.0463. The molecule has 2 aliphatic heterocycles. The van der Waals surface area contributed by atoms with Gasteiger partial charge in [0.15, 0.2) is 12.6 Å². The average Bonchev–Trinajstić information content (AvgIpc) is 0.918. The molecule has 1 saturated carbocycles. The van der Waals surface area contributed by atoms with Gasteiger partial charge in [0.2, 0.25) is 0 Å². The van der Waals surface area contributed by atoms with Crippen molar-refractivity contribution in [3.8, 4) is 0 Å². The Morgan fingerprint density at radius 2 is 0.678 bits per heavy atom. The first-order valence-electron chi connectivity index (χ1n) is 31.7. The Balaban J connectivity index is 1.10. The lowest BCUT2D eigenvalue weighted by molar-refractivity contribution is -0.330. The molecule has 0 spiro atoms. The van der Waals surface area contributed by atoms with E-state index in [1.165, 1.54) is 27.8 Å². The maximum atomic E-state index is 7.56. The van der Waals surface area contributed by atoms with Crippen molar-refractivity contribution in [1.82, 2.24) is 0 Å². The van der Waals surface area contributed by atoms with Crippen molar-refractivity contribution in [3.63, 3.8) is 0 Å². The summed E-state index contributed by atoms with van der Waals surface area (Å²) in [5.74, 6) is 0. The number of hydrogen-bond acceptors (Lipinski definition) is 14. The van der Waals surface area contributed by atoms with Crippen molar-refractivity contribution in [3.05, 3.63) is 177 Å². The van der Waals surface area contributed by atoms with Crippen LogP contribution in [0.3, 0.4) is 0 Å². The van der Waals surface area contributed by atoms with E-state index < -0.39 is 79.5 Å². The molecule has 14 heteroatoms. The Hall–Kier alpha value is -4.46. The van der Waals surface area contributed by atoms with Gasteiger partial charge in [-0.15, -0.1) is 0 Å². The molecule has 3 fully saturated rings. The van der Waals surface area contributed by atoms with Crippen LogP contribution in [-0.4, -0.2) is 98.7 Å². The molecule has 5 aromatic rings. The minimum Gasteiger partial charge on any atom is -0.374 e. The first-order valence-corrected chi connectivity index (χ1v) is 31.7. The molecule has 2 heterocycles. The molecule has 8 rings (SSSR count). The lowest BCUT2D eigenvalue weighted by Crippen LogP contribution is -2.69. The van der Waals surface area contributed by atoms with Gasteiger partial charge in [-0.2, -0.15) is 0 Å². The van der Waals surface area contributed by atoms with E-state index in [1.54, 1.807) is 0 Å². The van der Waals surface area contributed by atoms with Crippen molar-refractivity contribution in [2.24, 2.45) is 28.7 Å². The van der Waals surface area contributed by atoms with E-state index in [0.29, 0.717) is 26.1 Å². The highest BCUT2D eigenvalue weighted by atomic mass is 16.7. The van der Waals surface area contributed by atoms with Crippen LogP contribution in [0, 0.1) is 0 Å². The molecule has 3 aliphatic rings. The highest BCUT2D eigenvalue weighted by Crippen LogP contribution is 2.37. The van der Waals surface area contributed by atoms with E-state index in [1.807, 2.05) is 0 Å². The summed E-state index contributed by atoms with van der Waals surface area (Å²) in [5.41, 5.74) is 46.6. The molecule has 10 N–H and O–H groups in total. The average molecular weight is 1200 g/mol. The van der Waals surface area contributed by atoms with Crippen LogP contribution in [-0.2, 0) is 103 Å². The zero-order valence-corrected chi connectivity index (χ0v) is 55.1. The van der Waals surface area contributed by atoms with Crippen LogP contribution >= 0.6 is 0 Å². The summed E-state index contributed by atoms with van der Waals surface area (Å²) >= 11 is 0. The second-order valence-corrected chi connectivity index (χ2v) is 30.0. The van der Waals surface area contributed by atoms with E-state index in [4.69, 9.17) is 71.3 Å². The predicted octanol–water partition coefficient (Wildman–Crippen LogP) is 11.3. The summed E-state index contributed by atoms with van der Waals surface area (Å²) in [6.45, 7) is 34.7. The minimum absolute atomic E-state index is 0.00956. The molecule has 0 unspecified atom stereocenters. The molecule has 0 aromatic heterocycles. The zero-order chi connectivity index (χ0) is 63.2. The van der Waals surface area contributed by atoms with Crippen LogP contribution in [0.4, 0.5) is 0 Å². The minimum atomic E-state index is -1.10. The second-order valence-electron chi connectivity index (χ2n) is 30.0. The molecule has 14 nitrogen and oxygen atoms in total. The number of hydrogen-bond donors (Lipinski definition) is 5. The first-order chi connectivity index (χ1) is 40.8. The molecule has 2 saturated heterocycles. The largest absolute Gasteiger partial charge is 0.374 e. The predicted molar refractivity (Wildman–Crippen MR) is 347 cm³/mol. The van der Waals surface area contributed by atoms with Crippen molar-refractivity contribution >= 4 is 0 Å². The fourth-order valence-corrected chi connectivity index (χ4v) is 11.7. The Kier molecular flexibility index (Phi) is 22.7. The molecule has 1 aliphatic carbocycles. The molecule has 14 atom stereocenters. The van der Waals surface area contributed by atoms with Gasteiger partial charge in [0.1, 0.15) is 36.6 Å². The van der Waals surface area contributed by atoms with Gasteiger partial charge in [0.25, 0.3) is 0 Å². The Morgan fingerprint density at radius 3 is 1.05 bits per heavy atom. The van der Waals surface area contributed by atoms with Gasteiger partial charge in [-0.05, 0) is 95.6 Å². The first kappa shape index (κ1) is 68.4. The Labute approximate surface area is 521 Å². The van der Waals surface area contributed by atoms with Crippen LogP contribution in [0.15, 0.2) is 121 Å². The molecule has 87 heavy (non-hydrogen) atoms. The third-order valence-corrected chi connectivity index (χ3v) is 17.6. The van der Waals surface area contributed by atoms with Crippen LogP contribution < -0.4 is 28.7 Å². The second kappa shape index (κ2) is 28.8. The van der Waals surface area contributed by atoms with Crippen molar-refractivity contribution in [2.75, 3.05) is 13.2 Å². The van der Waals surface area contributed by atoms with Crippen molar-refractivity contribution in [2.45, 2.75) is 262 Å². The van der Waals surface area contributed by atoms with Crippen LogP contribution in [0.2, 0.25) is 0 Å². The summed E-state index contributed by atoms with van der Waals surface area (Å²) in [7, 11) is 0. The summed E-state index contributed by atoms with van der Waals surface area (Å²) in [5, 5.41) is 0. The van der Waals surface area contributed by atoms with Gasteiger partial charge < -0.3 is 71.3 Å². The van der Waals surface area contributed by atoms with Gasteiger partial charge in [-0.1, -0.05) is 225 Å². The smallest absolute Gasteiger partial charge is 0.186 e. The topological polar surface area (TPSA) is 213 Å². The SMILES string of the molecule is CC(C)(C)c1ccc(COC[C@H]2O[C@H](O[C@@H]3[C@@H](OCc4ccc(C(C)(C)C)cc4)[C@H](O[C@H]4O[C@H](CN)[C@@H](OCc5ccc(C(C)(C)C)cc5)C[C@H]4N)[C@@H](N)C[C@H]3N)[C@H](OCc3ccc(C(C)(C)C)cc3)[C@@H](N)[C@@H]2OCc2ccc(C(C)(C)C)cc2)cc1. The van der Waals surface area contributed by atoms with Crippen molar-refractivity contribution in [1.29, 1.82) is 0 Å². The standard InChI is InChI=1S/C73H107N5O9/c1-69(2,3)50-26-16-45(17-27-50)39-79-44-60-64(81-41-47-20-30-52(31-21-47)71(7,8)9)61(78)65(82-42-48-22-32-53(33-23-48)72(10,11)12)68(85-60)87-63-56(76)36-55(75)62(66(63)83-43-49-24-34-54(35-25-49)73(13,14)15)86-67-57(77)37-58(59(38-74)84-67)80-40-46-18-28-51(29-19-46)70(4,5)6/h16-35,55-68H,36-44,74-78H2,1-15H3/t55-,56+,57+,58-,59+,60+,61-,62+,63-,64+,65+,66-,67+,68+/m0/s1. The Morgan fingerprint density at radius 1 is 0.356 bits per heavy atom. The van der Waals surface area contributed by atoms with Crippen molar-refractivity contribution < 1.29 is 42.6 Å². The molecular weight excluding hydrogens is 1090 g/mol. The summed E-state index contributed by atoms with van der Waals surface area (Å²) in [6, 6.07) is 39.9. The van der Waals surface area contributed by atoms with Gasteiger partial charge in [-0.25, -0.2) is 0 Å². The molecular formula is C73H107N5O9. The van der Waals surface area contributed by atoms with Gasteiger partial charge in [-0.3, -0.25) is 0 Å². The highest BCUT2D eigenvalue weighted by Gasteiger charge is 2.53. The van der Waals surface area contributed by atoms with E-state index in [9.17, 15) is 0 Å². The number of ether oxygens (including phenoxy) is 9. The van der Waals surface area contributed by atoms with E-state index >= 15 is 0 Å².